The summed E-state index contributed by atoms with van der Waals surface area (Å²) in [5.41, 5.74) is 0.993. The zero-order valence-corrected chi connectivity index (χ0v) is 12.2. The van der Waals surface area contributed by atoms with Crippen LogP contribution in [0.15, 0.2) is 28.8 Å². The molecule has 1 fully saturated rings. The quantitative estimate of drug-likeness (QED) is 0.672. The summed E-state index contributed by atoms with van der Waals surface area (Å²) in [6.45, 7) is 0. The number of nitro benzene ring substituents is 1. The second-order valence-corrected chi connectivity index (χ2v) is 5.60. The van der Waals surface area contributed by atoms with Crippen molar-refractivity contribution >= 4 is 11.7 Å². The van der Waals surface area contributed by atoms with Gasteiger partial charge in [0, 0.05) is 24.6 Å². The van der Waals surface area contributed by atoms with Crippen molar-refractivity contribution in [2.45, 2.75) is 44.6 Å². The smallest absolute Gasteiger partial charge is 0.321 e. The Morgan fingerprint density at radius 2 is 1.95 bits per heavy atom. The fraction of sp³-hybridized carbons (Fsp3) is 0.467. The molecule has 0 saturated heterocycles. The lowest BCUT2D eigenvalue weighted by Gasteiger charge is -2.21. The number of rotatable bonds is 5. The van der Waals surface area contributed by atoms with Crippen molar-refractivity contribution in [3.63, 3.8) is 0 Å². The summed E-state index contributed by atoms with van der Waals surface area (Å²) >= 11 is 0. The maximum Gasteiger partial charge on any atom is 0.321 e. The summed E-state index contributed by atoms with van der Waals surface area (Å²) in [6.07, 6.45) is 6.55. The number of non-ortho nitro benzene ring substituents is 1. The first kappa shape index (κ1) is 14.5. The van der Waals surface area contributed by atoms with Gasteiger partial charge in [0.25, 0.3) is 5.69 Å². The largest absolute Gasteiger partial charge is 0.335 e. The van der Waals surface area contributed by atoms with Gasteiger partial charge in [-0.15, -0.1) is 0 Å². The minimum Gasteiger partial charge on any atom is -0.335 e. The monoisotopic (exact) mass is 302 g/mol. The number of hydrogen-bond donors (Lipinski definition) is 1. The van der Waals surface area contributed by atoms with E-state index in [1.807, 2.05) is 0 Å². The van der Waals surface area contributed by atoms with E-state index in [0.29, 0.717) is 24.3 Å². The lowest BCUT2D eigenvalue weighted by molar-refractivity contribution is -0.384. The van der Waals surface area contributed by atoms with Crippen LogP contribution in [-0.2, 0) is 6.42 Å². The lowest BCUT2D eigenvalue weighted by Crippen LogP contribution is -2.22. The zero-order valence-electron chi connectivity index (χ0n) is 12.2. The molecule has 0 spiro atoms. The molecule has 116 valence electrons. The van der Waals surface area contributed by atoms with Crippen LogP contribution in [0.2, 0.25) is 0 Å². The Balaban J connectivity index is 1.60. The van der Waals surface area contributed by atoms with E-state index >= 15 is 0 Å². The maximum atomic E-state index is 10.6. The van der Waals surface area contributed by atoms with Crippen molar-refractivity contribution in [2.24, 2.45) is 0 Å². The first-order chi connectivity index (χ1) is 10.7. The first-order valence-electron chi connectivity index (χ1n) is 7.53. The normalized spacial score (nSPS) is 15.6. The second kappa shape index (κ2) is 6.55. The average molecular weight is 302 g/mol. The Kier molecular flexibility index (Phi) is 4.32. The molecule has 1 aromatic heterocycles. The van der Waals surface area contributed by atoms with Crippen molar-refractivity contribution in [1.29, 1.82) is 0 Å². The predicted molar refractivity (Wildman–Crippen MR) is 80.7 cm³/mol. The SMILES string of the molecule is O=[N+]([O-])c1ccc(Cc2noc(NC3CCCCC3)n2)cc1. The predicted octanol–water partition coefficient (Wildman–Crippen LogP) is 3.31. The molecule has 22 heavy (non-hydrogen) atoms. The summed E-state index contributed by atoms with van der Waals surface area (Å²) in [5.74, 6) is 0.576. The number of nitro groups is 1. The van der Waals surface area contributed by atoms with E-state index in [-0.39, 0.29) is 5.69 Å². The number of nitrogens with one attached hydrogen (secondary N) is 1. The minimum absolute atomic E-state index is 0.0801. The molecule has 0 bridgehead atoms. The molecule has 1 N–H and O–H groups in total. The third kappa shape index (κ3) is 3.60. The third-order valence-corrected chi connectivity index (χ3v) is 3.91. The van der Waals surface area contributed by atoms with Gasteiger partial charge < -0.3 is 9.84 Å². The van der Waals surface area contributed by atoms with Gasteiger partial charge in [-0.05, 0) is 18.4 Å². The fourth-order valence-electron chi connectivity index (χ4n) is 2.72. The van der Waals surface area contributed by atoms with Gasteiger partial charge in [-0.25, -0.2) is 0 Å². The van der Waals surface area contributed by atoms with Gasteiger partial charge in [-0.2, -0.15) is 4.98 Å². The van der Waals surface area contributed by atoms with Crippen molar-refractivity contribution in [3.8, 4) is 0 Å². The van der Waals surface area contributed by atoms with Crippen LogP contribution in [0.4, 0.5) is 11.7 Å². The standard InChI is InChI=1S/C15H18N4O3/c20-19(21)13-8-6-11(7-9-13)10-14-17-15(22-18-14)16-12-4-2-1-3-5-12/h6-9,12H,1-5,10H2,(H,16,17,18). The first-order valence-corrected chi connectivity index (χ1v) is 7.53. The molecule has 1 aromatic carbocycles. The van der Waals surface area contributed by atoms with Crippen LogP contribution < -0.4 is 5.32 Å². The molecule has 2 aromatic rings. The summed E-state index contributed by atoms with van der Waals surface area (Å²) in [6, 6.07) is 7.27. The van der Waals surface area contributed by atoms with Crippen molar-refractivity contribution in [1.82, 2.24) is 10.1 Å². The van der Waals surface area contributed by atoms with Crippen LogP contribution in [0.3, 0.4) is 0 Å². The Morgan fingerprint density at radius 3 is 2.64 bits per heavy atom. The highest BCUT2D eigenvalue weighted by atomic mass is 16.6. The highest BCUT2D eigenvalue weighted by molar-refractivity contribution is 5.34. The summed E-state index contributed by atoms with van der Waals surface area (Å²) < 4.78 is 5.22. The summed E-state index contributed by atoms with van der Waals surface area (Å²) in [7, 11) is 0. The van der Waals surface area contributed by atoms with E-state index in [1.165, 1.54) is 31.4 Å². The molecule has 1 aliphatic rings. The molecule has 1 saturated carbocycles. The molecular weight excluding hydrogens is 284 g/mol. The lowest BCUT2D eigenvalue weighted by atomic mass is 9.96. The van der Waals surface area contributed by atoms with Crippen molar-refractivity contribution < 1.29 is 9.45 Å². The van der Waals surface area contributed by atoms with Gasteiger partial charge >= 0.3 is 6.01 Å². The zero-order chi connectivity index (χ0) is 15.4. The molecule has 0 atom stereocenters. The number of anilines is 1. The molecule has 1 heterocycles. The van der Waals surface area contributed by atoms with E-state index in [0.717, 1.165) is 18.4 Å². The van der Waals surface area contributed by atoms with Crippen molar-refractivity contribution in [3.05, 3.63) is 45.8 Å². The third-order valence-electron chi connectivity index (χ3n) is 3.91. The van der Waals surface area contributed by atoms with Crippen LogP contribution in [-0.4, -0.2) is 21.1 Å². The Morgan fingerprint density at radius 1 is 1.23 bits per heavy atom. The molecule has 0 unspecified atom stereocenters. The summed E-state index contributed by atoms with van der Waals surface area (Å²) in [4.78, 5) is 14.5. The van der Waals surface area contributed by atoms with E-state index < -0.39 is 4.92 Å². The van der Waals surface area contributed by atoms with Gasteiger partial charge in [0.1, 0.15) is 0 Å². The van der Waals surface area contributed by atoms with E-state index in [2.05, 4.69) is 15.5 Å². The van der Waals surface area contributed by atoms with Gasteiger partial charge in [0.05, 0.1) is 4.92 Å². The fourth-order valence-corrected chi connectivity index (χ4v) is 2.72. The number of benzene rings is 1. The van der Waals surface area contributed by atoms with Gasteiger partial charge in [-0.3, -0.25) is 10.1 Å². The molecule has 1 aliphatic carbocycles. The van der Waals surface area contributed by atoms with Crippen LogP contribution in [0.25, 0.3) is 0 Å². The highest BCUT2D eigenvalue weighted by Gasteiger charge is 2.16. The number of nitrogens with zero attached hydrogens (tertiary/aromatic N) is 3. The average Bonchev–Trinajstić information content (AvgIpc) is 2.96. The van der Waals surface area contributed by atoms with Crippen LogP contribution >= 0.6 is 0 Å². The molecular formula is C15H18N4O3. The van der Waals surface area contributed by atoms with Gasteiger partial charge in [0.2, 0.25) is 0 Å². The topological polar surface area (TPSA) is 94.1 Å². The molecule has 0 aliphatic heterocycles. The Bertz CT molecular complexity index is 632. The van der Waals surface area contributed by atoms with Gasteiger partial charge in [0.15, 0.2) is 5.82 Å². The Hall–Kier alpha value is -2.44. The van der Waals surface area contributed by atoms with Crippen molar-refractivity contribution in [2.75, 3.05) is 5.32 Å². The number of hydrogen-bond acceptors (Lipinski definition) is 6. The molecule has 3 rings (SSSR count). The minimum atomic E-state index is -0.412. The van der Waals surface area contributed by atoms with E-state index in [4.69, 9.17) is 4.52 Å². The Labute approximate surface area is 127 Å². The van der Waals surface area contributed by atoms with E-state index in [1.54, 1.807) is 12.1 Å². The number of aromatic nitrogens is 2. The molecule has 0 amide bonds. The summed E-state index contributed by atoms with van der Waals surface area (Å²) in [5, 5.41) is 17.9. The molecule has 7 nitrogen and oxygen atoms in total. The van der Waals surface area contributed by atoms with Crippen LogP contribution in [0, 0.1) is 10.1 Å². The maximum absolute atomic E-state index is 10.6. The molecule has 7 heteroatoms. The van der Waals surface area contributed by atoms with E-state index in [9.17, 15) is 10.1 Å². The second-order valence-electron chi connectivity index (χ2n) is 5.60. The van der Waals surface area contributed by atoms with Gasteiger partial charge in [-0.1, -0.05) is 36.6 Å². The highest BCUT2D eigenvalue weighted by Crippen LogP contribution is 2.21. The molecule has 0 radical (unpaired) electrons. The van der Waals surface area contributed by atoms with Crippen LogP contribution in [0.1, 0.15) is 43.5 Å². The van der Waals surface area contributed by atoms with Crippen LogP contribution in [0.5, 0.6) is 0 Å².